The number of rotatable bonds is 16. The van der Waals surface area contributed by atoms with E-state index in [0.29, 0.717) is 56.5 Å². The molecule has 14 nitrogen and oxygen atoms in total. The van der Waals surface area contributed by atoms with Gasteiger partial charge in [-0.3, -0.25) is 9.36 Å². The number of aromatic nitrogens is 2. The number of unbranched alkanes of at least 4 members (excludes halogenated alkanes) is 1. The second-order valence-corrected chi connectivity index (χ2v) is 12.2. The van der Waals surface area contributed by atoms with Gasteiger partial charge in [0.25, 0.3) is 0 Å². The lowest BCUT2D eigenvalue weighted by Crippen LogP contribution is -2.41. The van der Waals surface area contributed by atoms with Crippen LogP contribution < -0.4 is 23.7 Å². The first-order valence-corrected chi connectivity index (χ1v) is 15.4. The van der Waals surface area contributed by atoms with E-state index in [-0.39, 0.29) is 30.9 Å². The maximum absolute atomic E-state index is 12.6. The number of carboxylic acid groups (broad SMARTS) is 1. The van der Waals surface area contributed by atoms with Crippen LogP contribution in [-0.4, -0.2) is 85.9 Å². The van der Waals surface area contributed by atoms with Crippen molar-refractivity contribution in [1.29, 1.82) is 0 Å². The molecule has 45 heavy (non-hydrogen) atoms. The van der Waals surface area contributed by atoms with Crippen molar-refractivity contribution in [2.75, 3.05) is 41.8 Å². The van der Waals surface area contributed by atoms with E-state index in [0.717, 1.165) is 17.1 Å². The van der Waals surface area contributed by atoms with Crippen molar-refractivity contribution in [2.45, 2.75) is 32.6 Å². The number of carbonyl (C=O) groups excluding carboxylic acids is 1. The van der Waals surface area contributed by atoms with Crippen LogP contribution >= 0.6 is 0 Å². The highest BCUT2D eigenvalue weighted by atomic mass is 32.2. The number of carboxylic acids is 1. The molecular formula is C30H36N4O10S. The van der Waals surface area contributed by atoms with Gasteiger partial charge in [-0.25, -0.2) is 9.78 Å². The van der Waals surface area contributed by atoms with E-state index in [9.17, 15) is 23.1 Å². The Hall–Kier alpha value is -4.76. The fraction of sp³-hybridized carbons (Fsp3) is 0.367. The summed E-state index contributed by atoms with van der Waals surface area (Å²) in [6, 6.07) is 8.27. The van der Waals surface area contributed by atoms with Crippen LogP contribution in [-0.2, 0) is 32.6 Å². The molecule has 0 aliphatic carbocycles. The summed E-state index contributed by atoms with van der Waals surface area (Å²) in [5, 5.41) is 10.2. The van der Waals surface area contributed by atoms with Gasteiger partial charge >= 0.3 is 16.2 Å². The lowest BCUT2D eigenvalue weighted by atomic mass is 10.0. The van der Waals surface area contributed by atoms with E-state index >= 15 is 0 Å². The number of aryl methyl sites for hydroxylation is 1. The highest BCUT2D eigenvalue weighted by Crippen LogP contribution is 2.39. The zero-order chi connectivity index (χ0) is 32.7. The van der Waals surface area contributed by atoms with Crippen LogP contribution in [0.15, 0.2) is 42.1 Å². The van der Waals surface area contributed by atoms with Crippen molar-refractivity contribution in [3.05, 3.63) is 59.2 Å². The fourth-order valence-electron chi connectivity index (χ4n) is 4.58. The van der Waals surface area contributed by atoms with Crippen LogP contribution in [0.1, 0.15) is 36.8 Å². The van der Waals surface area contributed by atoms with Gasteiger partial charge < -0.3 is 28.8 Å². The van der Waals surface area contributed by atoms with Crippen LogP contribution in [0, 0.1) is 0 Å². The normalized spacial score (nSPS) is 12.7. The number of benzene rings is 2. The highest BCUT2D eigenvalue weighted by molar-refractivity contribution is 7.87. The molecular weight excluding hydrogens is 608 g/mol. The van der Waals surface area contributed by atoms with E-state index in [4.69, 9.17) is 23.7 Å². The Bertz CT molecular complexity index is 1680. The minimum Gasteiger partial charge on any atom is -0.497 e. The smallest absolute Gasteiger partial charge is 0.331 e. The second kappa shape index (κ2) is 14.3. The number of hydrogen-bond acceptors (Lipinski definition) is 10. The summed E-state index contributed by atoms with van der Waals surface area (Å²) in [5.74, 6) is 1.50. The lowest BCUT2D eigenvalue weighted by molar-refractivity contribution is -0.132. The molecule has 0 atom stereocenters. The molecule has 0 fully saturated rings. The largest absolute Gasteiger partial charge is 0.497 e. The molecule has 0 radical (unpaired) electrons. The van der Waals surface area contributed by atoms with Crippen molar-refractivity contribution in [1.82, 2.24) is 18.2 Å². The predicted molar refractivity (Wildman–Crippen MR) is 163 cm³/mol. The summed E-state index contributed by atoms with van der Waals surface area (Å²) in [6.45, 7) is 1.47. The molecule has 3 aromatic rings. The Morgan fingerprint density at radius 1 is 1.11 bits per heavy atom. The number of carbonyl (C=O) groups is 2. The number of fused-ring (bicyclic) bond motifs is 1. The van der Waals surface area contributed by atoms with Gasteiger partial charge in [0.15, 0.2) is 18.2 Å². The second-order valence-electron chi connectivity index (χ2n) is 10.1. The Morgan fingerprint density at radius 3 is 2.47 bits per heavy atom. The molecule has 2 aromatic carbocycles. The zero-order valence-corrected chi connectivity index (χ0v) is 26.5. The topological polar surface area (TPSA) is 159 Å². The molecule has 0 spiro atoms. The molecule has 1 amide bonds. The molecule has 0 saturated heterocycles. The summed E-state index contributed by atoms with van der Waals surface area (Å²) in [4.78, 5) is 28.8. The minimum atomic E-state index is -4.11. The molecule has 1 aromatic heterocycles. The van der Waals surface area contributed by atoms with Gasteiger partial charge in [-0.05, 0) is 30.7 Å². The van der Waals surface area contributed by atoms with Crippen LogP contribution in [0.2, 0.25) is 0 Å². The highest BCUT2D eigenvalue weighted by Gasteiger charge is 2.25. The summed E-state index contributed by atoms with van der Waals surface area (Å²) < 4.78 is 56.0. The van der Waals surface area contributed by atoms with Gasteiger partial charge in [-0.1, -0.05) is 13.3 Å². The zero-order valence-electron chi connectivity index (χ0n) is 25.7. The molecule has 0 bridgehead atoms. The van der Waals surface area contributed by atoms with Crippen LogP contribution in [0.4, 0.5) is 0 Å². The number of nitrogens with zero attached hydrogens (tertiary/aromatic N) is 4. The maximum atomic E-state index is 12.6. The maximum Gasteiger partial charge on any atom is 0.331 e. The van der Waals surface area contributed by atoms with E-state index in [1.54, 1.807) is 41.1 Å². The third-order valence-electron chi connectivity index (χ3n) is 7.00. The van der Waals surface area contributed by atoms with Crippen LogP contribution in [0.5, 0.6) is 28.7 Å². The van der Waals surface area contributed by atoms with Gasteiger partial charge in [0.1, 0.15) is 23.1 Å². The summed E-state index contributed by atoms with van der Waals surface area (Å²) in [7, 11) is 1.44. The van der Waals surface area contributed by atoms with Crippen molar-refractivity contribution in [2.24, 2.45) is 0 Å². The fourth-order valence-corrected chi connectivity index (χ4v) is 5.29. The summed E-state index contributed by atoms with van der Waals surface area (Å²) in [5.41, 5.74) is 1.48. The van der Waals surface area contributed by atoms with Crippen LogP contribution in [0.3, 0.4) is 0 Å². The molecule has 15 heteroatoms. The molecule has 2 heterocycles. The average molecular weight is 645 g/mol. The number of aliphatic carboxylic acids is 1. The van der Waals surface area contributed by atoms with E-state index < -0.39 is 22.9 Å². The predicted octanol–water partition coefficient (Wildman–Crippen LogP) is 3.27. The Morgan fingerprint density at radius 2 is 1.84 bits per heavy atom. The number of hydrogen-bond donors (Lipinski definition) is 1. The molecule has 242 valence electrons. The molecule has 1 aliphatic heterocycles. The SMILES string of the molecule is CCCCc1ncc(C=C(Cc2cc3c(cc2OC)OCO3)C(=O)O)n1-c1ccc(OC)cc1OCN(C=O)S(=O)(=O)N(C)C. The number of imidazole rings is 1. The third-order valence-corrected chi connectivity index (χ3v) is 8.71. The van der Waals surface area contributed by atoms with Gasteiger partial charge in [0, 0.05) is 50.2 Å². The van der Waals surface area contributed by atoms with E-state index in [2.05, 4.69) is 4.98 Å². The monoisotopic (exact) mass is 644 g/mol. The van der Waals surface area contributed by atoms with Crippen LogP contribution in [0.25, 0.3) is 11.8 Å². The number of amides is 1. The van der Waals surface area contributed by atoms with Gasteiger partial charge in [0.2, 0.25) is 13.2 Å². The third kappa shape index (κ3) is 7.32. The molecule has 0 saturated carbocycles. The molecule has 0 unspecified atom stereocenters. The molecule has 4 rings (SSSR count). The Balaban J connectivity index is 1.81. The average Bonchev–Trinajstić information content (AvgIpc) is 3.65. The van der Waals surface area contributed by atoms with E-state index in [1.807, 2.05) is 6.92 Å². The van der Waals surface area contributed by atoms with Gasteiger partial charge in [-0.2, -0.15) is 17.0 Å². The van der Waals surface area contributed by atoms with Crippen molar-refractivity contribution < 1.29 is 46.8 Å². The minimum absolute atomic E-state index is 0.00667. The van der Waals surface area contributed by atoms with Crippen molar-refractivity contribution >= 4 is 28.7 Å². The lowest BCUT2D eigenvalue weighted by Gasteiger charge is -2.23. The van der Waals surface area contributed by atoms with Gasteiger partial charge in [-0.15, -0.1) is 0 Å². The number of ether oxygens (including phenoxy) is 5. The first kappa shape index (κ1) is 33.1. The summed E-state index contributed by atoms with van der Waals surface area (Å²) >= 11 is 0. The van der Waals surface area contributed by atoms with Gasteiger partial charge in [0.05, 0.1) is 31.8 Å². The van der Waals surface area contributed by atoms with Crippen molar-refractivity contribution in [3.8, 4) is 34.4 Å². The number of methoxy groups -OCH3 is 2. The first-order chi connectivity index (χ1) is 21.5. The Kier molecular flexibility index (Phi) is 10.6. The summed E-state index contributed by atoms with van der Waals surface area (Å²) in [6.07, 6.45) is 5.47. The quantitative estimate of drug-likeness (QED) is 0.139. The Labute approximate surface area is 261 Å². The molecule has 1 N–H and O–H groups in total. The standard InChI is InChI=1S/C30H36N4O10S/c1-6-7-8-29-31-16-22(12-21(30(36)37)11-20-13-27-28(44-19-43-27)15-25(20)41-5)34(29)24-10-9-23(40-4)14-26(24)42-18-33(17-35)45(38,39)32(2)3/h9-10,12-17H,6-8,11,18-19H2,1-5H3,(H,36,37). The van der Waals surface area contributed by atoms with E-state index in [1.165, 1.54) is 34.4 Å². The van der Waals surface area contributed by atoms with Crippen molar-refractivity contribution in [3.63, 3.8) is 0 Å². The molecule has 1 aliphatic rings. The first-order valence-electron chi connectivity index (χ1n) is 14.0.